The van der Waals surface area contributed by atoms with Crippen LogP contribution in [0.15, 0.2) is 47.4 Å². The number of carbonyl (C=O) groups excluding carboxylic acids is 1. The molecular formula is C25H34N4O3S. The Balaban J connectivity index is 0.00000408. The number of nitrogens with two attached hydrogens (primary N) is 1. The Morgan fingerprint density at radius 2 is 1.64 bits per heavy atom. The number of amides is 1. The van der Waals surface area contributed by atoms with Crippen molar-refractivity contribution in [3.63, 3.8) is 0 Å². The van der Waals surface area contributed by atoms with Crippen LogP contribution in [0.3, 0.4) is 0 Å². The summed E-state index contributed by atoms with van der Waals surface area (Å²) in [5.74, 6) is -0.719. The van der Waals surface area contributed by atoms with E-state index in [0.717, 1.165) is 27.8 Å². The molecule has 0 bridgehead atoms. The van der Waals surface area contributed by atoms with Gasteiger partial charge in [-0.1, -0.05) is 50.6 Å². The zero-order valence-electron chi connectivity index (χ0n) is 20.1. The highest BCUT2D eigenvalue weighted by Gasteiger charge is 2.26. The molecule has 1 aromatic heterocycles. The number of carbonyl (C=O) groups is 1. The van der Waals surface area contributed by atoms with Gasteiger partial charge in [0.25, 0.3) is 15.9 Å². The van der Waals surface area contributed by atoms with Crippen LogP contribution in [0.25, 0.3) is 0 Å². The predicted molar refractivity (Wildman–Crippen MR) is 132 cm³/mol. The molecule has 3 N–H and O–H groups in total. The number of hydrogen-bond donors (Lipinski definition) is 2. The summed E-state index contributed by atoms with van der Waals surface area (Å²) in [5.41, 5.74) is 11.4. The summed E-state index contributed by atoms with van der Waals surface area (Å²) >= 11 is 0. The largest absolute Gasteiger partial charge is 0.326 e. The van der Waals surface area contributed by atoms with E-state index in [0.29, 0.717) is 18.8 Å². The molecule has 0 unspecified atom stereocenters. The third-order valence-corrected chi connectivity index (χ3v) is 6.97. The van der Waals surface area contributed by atoms with Crippen LogP contribution in [0, 0.1) is 20.8 Å². The summed E-state index contributed by atoms with van der Waals surface area (Å²) < 4.78 is 29.5. The maximum Gasteiger partial charge on any atom is 0.283 e. The molecule has 7 nitrogen and oxygen atoms in total. The molecule has 1 amide bonds. The van der Waals surface area contributed by atoms with Gasteiger partial charge < -0.3 is 5.73 Å². The topological polar surface area (TPSA) is 107 Å². The maximum absolute atomic E-state index is 13.2. The highest BCUT2D eigenvalue weighted by molar-refractivity contribution is 7.90. The van der Waals surface area contributed by atoms with Gasteiger partial charge in [-0.25, -0.2) is 13.1 Å². The van der Waals surface area contributed by atoms with Gasteiger partial charge in [0.05, 0.1) is 17.1 Å². The van der Waals surface area contributed by atoms with Crippen LogP contribution in [0.4, 0.5) is 0 Å². The molecule has 178 valence electrons. The summed E-state index contributed by atoms with van der Waals surface area (Å²) in [6.45, 7) is 12.8. The van der Waals surface area contributed by atoms with Crippen LogP contribution >= 0.6 is 0 Å². The Morgan fingerprint density at radius 1 is 1.06 bits per heavy atom. The van der Waals surface area contributed by atoms with Gasteiger partial charge in [0.15, 0.2) is 0 Å². The van der Waals surface area contributed by atoms with Crippen LogP contribution < -0.4 is 10.5 Å². The van der Waals surface area contributed by atoms with Gasteiger partial charge in [-0.2, -0.15) is 5.10 Å². The summed E-state index contributed by atoms with van der Waals surface area (Å²) in [6, 6.07) is 12.0. The second kappa shape index (κ2) is 9.11. The lowest BCUT2D eigenvalue weighted by atomic mass is 9.92. The van der Waals surface area contributed by atoms with Crippen molar-refractivity contribution in [2.24, 2.45) is 5.73 Å². The fourth-order valence-corrected chi connectivity index (χ4v) is 4.69. The average Bonchev–Trinajstić information content (AvgIpc) is 3.15. The molecule has 0 atom stereocenters. The van der Waals surface area contributed by atoms with E-state index in [9.17, 15) is 13.2 Å². The second-order valence-electron chi connectivity index (χ2n) is 9.48. The maximum atomic E-state index is 13.2. The average molecular weight is 471 g/mol. The second-order valence-corrected chi connectivity index (χ2v) is 11.2. The van der Waals surface area contributed by atoms with Gasteiger partial charge in [0.2, 0.25) is 0 Å². The van der Waals surface area contributed by atoms with Crippen molar-refractivity contribution in [2.45, 2.75) is 64.9 Å². The first-order chi connectivity index (χ1) is 15.3. The third-order valence-electron chi connectivity index (χ3n) is 5.63. The van der Waals surface area contributed by atoms with Gasteiger partial charge in [-0.05, 0) is 61.2 Å². The highest BCUT2D eigenvalue weighted by atomic mass is 32.2. The van der Waals surface area contributed by atoms with Crippen LogP contribution in [-0.4, -0.2) is 24.1 Å². The van der Waals surface area contributed by atoms with Crippen LogP contribution in [0.1, 0.15) is 66.2 Å². The summed E-state index contributed by atoms with van der Waals surface area (Å²) in [5, 5.41) is 4.68. The summed E-state index contributed by atoms with van der Waals surface area (Å²) in [4.78, 5) is 13.2. The number of nitrogens with zero attached hydrogens (tertiary/aromatic N) is 2. The Labute approximate surface area is 197 Å². The zero-order chi connectivity index (χ0) is 24.6. The van der Waals surface area contributed by atoms with E-state index in [-0.39, 0.29) is 17.4 Å². The van der Waals surface area contributed by atoms with Crippen molar-refractivity contribution >= 4 is 15.9 Å². The number of rotatable bonds is 6. The molecule has 1 heterocycles. The molecule has 3 rings (SSSR count). The molecule has 8 heteroatoms. The van der Waals surface area contributed by atoms with E-state index in [1.807, 2.05) is 41.5 Å². The van der Waals surface area contributed by atoms with Crippen LogP contribution in [0.5, 0.6) is 0 Å². The standard InChI is InChI=1S/C25H32N4O3S.H2/c1-16-11-17(2)21(18(3)12-16)15-29-22(13-23(27-29)25(4,5)6)24(30)28-33(31,32)20-9-7-19(14-26)8-10-20;/h7-13H,14-15,26H2,1-6H3,(H,28,30);1H. The van der Waals surface area contributed by atoms with Crippen molar-refractivity contribution in [1.82, 2.24) is 14.5 Å². The monoisotopic (exact) mass is 470 g/mol. The Morgan fingerprint density at radius 3 is 2.15 bits per heavy atom. The Bertz CT molecular complexity index is 1270. The first-order valence-corrected chi connectivity index (χ1v) is 12.3. The first kappa shape index (κ1) is 24.7. The quantitative estimate of drug-likeness (QED) is 0.567. The van der Waals surface area contributed by atoms with Gasteiger partial charge >= 0.3 is 0 Å². The minimum absolute atomic E-state index is 0. The van der Waals surface area contributed by atoms with E-state index in [4.69, 9.17) is 5.73 Å². The Hall–Kier alpha value is -2.97. The normalized spacial score (nSPS) is 12.1. The first-order valence-electron chi connectivity index (χ1n) is 10.8. The number of aryl methyl sites for hydroxylation is 3. The fraction of sp³-hybridized carbons (Fsp3) is 0.360. The number of hydrogen-bond acceptors (Lipinski definition) is 5. The SMILES string of the molecule is Cc1cc(C)c(Cn2nc(C(C)(C)C)cc2C(=O)NS(=O)(=O)c2ccc(CN)cc2)c(C)c1.[HH]. The lowest BCUT2D eigenvalue weighted by Crippen LogP contribution is -2.32. The number of aromatic nitrogens is 2. The van der Waals surface area contributed by atoms with Crippen LogP contribution in [-0.2, 0) is 28.5 Å². The highest BCUT2D eigenvalue weighted by Crippen LogP contribution is 2.24. The number of benzene rings is 2. The molecular weight excluding hydrogens is 436 g/mol. The third kappa shape index (κ3) is 5.51. The minimum Gasteiger partial charge on any atom is -0.326 e. The van der Waals surface area contributed by atoms with E-state index in [2.05, 4.69) is 22.0 Å². The number of nitrogens with one attached hydrogen (secondary N) is 1. The molecule has 0 spiro atoms. The van der Waals surface area contributed by atoms with E-state index < -0.39 is 15.9 Å². The van der Waals surface area contributed by atoms with Gasteiger partial charge in [-0.15, -0.1) is 0 Å². The van der Waals surface area contributed by atoms with Crippen LogP contribution in [0.2, 0.25) is 0 Å². The van der Waals surface area contributed by atoms with Crippen molar-refractivity contribution in [3.05, 3.63) is 81.7 Å². The molecule has 2 aromatic carbocycles. The van der Waals surface area contributed by atoms with Crippen molar-refractivity contribution in [3.8, 4) is 0 Å². The molecule has 0 aliphatic carbocycles. The predicted octanol–water partition coefficient (Wildman–Crippen LogP) is 3.98. The van der Waals surface area contributed by atoms with E-state index >= 15 is 0 Å². The van der Waals surface area contributed by atoms with E-state index in [1.54, 1.807) is 22.9 Å². The van der Waals surface area contributed by atoms with Gasteiger partial charge in [0, 0.05) is 13.4 Å². The van der Waals surface area contributed by atoms with Gasteiger partial charge in [-0.3, -0.25) is 9.48 Å². The smallest absolute Gasteiger partial charge is 0.283 e. The Kier molecular flexibility index (Phi) is 6.81. The lowest BCUT2D eigenvalue weighted by molar-refractivity contribution is 0.0971. The molecule has 0 aliphatic heterocycles. The summed E-state index contributed by atoms with van der Waals surface area (Å²) in [7, 11) is -4.05. The van der Waals surface area contributed by atoms with Crippen molar-refractivity contribution < 1.29 is 14.6 Å². The van der Waals surface area contributed by atoms with E-state index in [1.165, 1.54) is 12.1 Å². The minimum atomic E-state index is -4.05. The molecule has 3 aromatic rings. The summed E-state index contributed by atoms with van der Waals surface area (Å²) in [6.07, 6.45) is 0. The molecule has 0 fully saturated rings. The molecule has 0 radical (unpaired) electrons. The van der Waals surface area contributed by atoms with Crippen molar-refractivity contribution in [1.29, 1.82) is 0 Å². The number of sulfonamides is 1. The lowest BCUT2D eigenvalue weighted by Gasteiger charge is -2.15. The molecule has 33 heavy (non-hydrogen) atoms. The van der Waals surface area contributed by atoms with Gasteiger partial charge in [0.1, 0.15) is 5.69 Å². The molecule has 0 aliphatic rings. The molecule has 0 saturated heterocycles. The fourth-order valence-electron chi connectivity index (χ4n) is 3.73. The zero-order valence-corrected chi connectivity index (χ0v) is 20.9. The molecule has 0 saturated carbocycles. The van der Waals surface area contributed by atoms with Crippen molar-refractivity contribution in [2.75, 3.05) is 0 Å².